The van der Waals surface area contributed by atoms with Gasteiger partial charge < -0.3 is 15.5 Å². The minimum atomic E-state index is -0.397. The molecular weight excluding hydrogens is 262 g/mol. The smallest absolute Gasteiger partial charge is 0.239 e. The first-order valence-electron chi connectivity index (χ1n) is 7.65. The Balaban J connectivity index is 2.70. The third-order valence-corrected chi connectivity index (χ3v) is 3.56. The highest BCUT2D eigenvalue weighted by Gasteiger charge is 2.20. The van der Waals surface area contributed by atoms with Crippen LogP contribution in [-0.4, -0.2) is 37.5 Å². The van der Waals surface area contributed by atoms with E-state index >= 15 is 0 Å². The van der Waals surface area contributed by atoms with Crippen LogP contribution in [-0.2, 0) is 11.3 Å². The number of hydrogen-bond acceptors (Lipinski definition) is 3. The fourth-order valence-electron chi connectivity index (χ4n) is 2.31. The largest absolute Gasteiger partial charge is 0.378 e. The predicted octanol–water partition coefficient (Wildman–Crippen LogP) is 2.47. The maximum Gasteiger partial charge on any atom is 0.239 e. The van der Waals surface area contributed by atoms with E-state index in [9.17, 15) is 4.79 Å². The zero-order chi connectivity index (χ0) is 16.0. The molecule has 0 heterocycles. The average molecular weight is 291 g/mol. The van der Waals surface area contributed by atoms with Crippen molar-refractivity contribution in [2.75, 3.05) is 25.5 Å². The third kappa shape index (κ3) is 5.38. The molecule has 0 radical (unpaired) electrons. The number of carbonyl (C=O) groups excluding carboxylic acids is 1. The summed E-state index contributed by atoms with van der Waals surface area (Å²) in [7, 11) is 4.03. The SMILES string of the molecule is CCN(Cc1ccc(N(C)C)cc1)C(=O)[C@H](N)CC(C)C. The van der Waals surface area contributed by atoms with E-state index in [0.29, 0.717) is 19.0 Å². The van der Waals surface area contributed by atoms with Crippen molar-refractivity contribution >= 4 is 11.6 Å². The molecule has 0 aliphatic rings. The van der Waals surface area contributed by atoms with E-state index in [0.717, 1.165) is 17.7 Å². The molecular formula is C17H29N3O. The van der Waals surface area contributed by atoms with Crippen LogP contribution in [0.1, 0.15) is 32.8 Å². The molecule has 21 heavy (non-hydrogen) atoms. The number of hydrogen-bond donors (Lipinski definition) is 1. The van der Waals surface area contributed by atoms with Crippen LogP contribution < -0.4 is 10.6 Å². The molecule has 1 rings (SSSR count). The molecule has 0 fully saturated rings. The summed E-state index contributed by atoms with van der Waals surface area (Å²) in [6.07, 6.45) is 0.731. The van der Waals surface area contributed by atoms with Gasteiger partial charge in [-0.1, -0.05) is 26.0 Å². The number of carbonyl (C=O) groups is 1. The summed E-state index contributed by atoms with van der Waals surface area (Å²) in [6, 6.07) is 7.88. The summed E-state index contributed by atoms with van der Waals surface area (Å²) >= 11 is 0. The number of nitrogens with two attached hydrogens (primary N) is 1. The van der Waals surface area contributed by atoms with Gasteiger partial charge in [-0.05, 0) is 37.0 Å². The van der Waals surface area contributed by atoms with Crippen molar-refractivity contribution in [2.45, 2.75) is 39.8 Å². The van der Waals surface area contributed by atoms with Crippen LogP contribution >= 0.6 is 0 Å². The lowest BCUT2D eigenvalue weighted by Gasteiger charge is -2.25. The normalized spacial score (nSPS) is 12.3. The Morgan fingerprint density at radius 1 is 1.19 bits per heavy atom. The van der Waals surface area contributed by atoms with Gasteiger partial charge in [-0.3, -0.25) is 4.79 Å². The maximum atomic E-state index is 12.4. The van der Waals surface area contributed by atoms with Crippen LogP contribution in [0.4, 0.5) is 5.69 Å². The monoisotopic (exact) mass is 291 g/mol. The fraction of sp³-hybridized carbons (Fsp3) is 0.588. The van der Waals surface area contributed by atoms with E-state index in [1.165, 1.54) is 0 Å². The van der Waals surface area contributed by atoms with Crippen LogP contribution in [0.25, 0.3) is 0 Å². The van der Waals surface area contributed by atoms with E-state index in [2.05, 4.69) is 43.0 Å². The molecule has 0 saturated carbocycles. The van der Waals surface area contributed by atoms with E-state index in [1.807, 2.05) is 25.9 Å². The Bertz CT molecular complexity index is 440. The first kappa shape index (κ1) is 17.5. The van der Waals surface area contributed by atoms with Gasteiger partial charge in [-0.2, -0.15) is 0 Å². The minimum Gasteiger partial charge on any atom is -0.378 e. The summed E-state index contributed by atoms with van der Waals surface area (Å²) in [5.74, 6) is 0.477. The molecule has 0 aliphatic carbocycles. The summed E-state index contributed by atoms with van der Waals surface area (Å²) in [5, 5.41) is 0. The molecule has 0 spiro atoms. The van der Waals surface area contributed by atoms with Gasteiger partial charge in [0.1, 0.15) is 0 Å². The van der Waals surface area contributed by atoms with Gasteiger partial charge in [0.15, 0.2) is 0 Å². The standard InChI is InChI=1S/C17H29N3O/c1-6-20(17(21)16(18)11-13(2)3)12-14-7-9-15(10-8-14)19(4)5/h7-10,13,16H,6,11-12,18H2,1-5H3/t16-/m1/s1. The van der Waals surface area contributed by atoms with Gasteiger partial charge in [-0.25, -0.2) is 0 Å². The second-order valence-corrected chi connectivity index (χ2v) is 6.15. The number of rotatable bonds is 7. The van der Waals surface area contributed by atoms with Crippen LogP contribution in [0, 0.1) is 5.92 Å². The molecule has 1 aromatic carbocycles. The molecule has 0 bridgehead atoms. The number of likely N-dealkylation sites (N-methyl/N-ethyl adjacent to an activating group) is 1. The lowest BCUT2D eigenvalue weighted by atomic mass is 10.0. The van der Waals surface area contributed by atoms with Crippen molar-refractivity contribution in [2.24, 2.45) is 11.7 Å². The summed E-state index contributed by atoms with van der Waals surface area (Å²) in [5.41, 5.74) is 8.30. The van der Waals surface area contributed by atoms with Crippen molar-refractivity contribution in [3.05, 3.63) is 29.8 Å². The van der Waals surface area contributed by atoms with Crippen LogP contribution in [0.15, 0.2) is 24.3 Å². The van der Waals surface area contributed by atoms with Crippen molar-refractivity contribution in [3.8, 4) is 0 Å². The maximum absolute atomic E-state index is 12.4. The second kappa shape index (κ2) is 8.03. The summed E-state index contributed by atoms with van der Waals surface area (Å²) in [4.78, 5) is 16.3. The number of nitrogens with zero attached hydrogens (tertiary/aromatic N) is 2. The number of benzene rings is 1. The molecule has 1 amide bonds. The van der Waals surface area contributed by atoms with Crippen molar-refractivity contribution < 1.29 is 4.79 Å². The van der Waals surface area contributed by atoms with Gasteiger partial charge in [0.25, 0.3) is 0 Å². The van der Waals surface area contributed by atoms with Gasteiger partial charge in [0, 0.05) is 32.9 Å². The number of anilines is 1. The molecule has 118 valence electrons. The summed E-state index contributed by atoms with van der Waals surface area (Å²) in [6.45, 7) is 7.47. The molecule has 0 saturated heterocycles. The molecule has 1 aromatic rings. The van der Waals surface area contributed by atoms with E-state index in [4.69, 9.17) is 5.73 Å². The van der Waals surface area contributed by atoms with Crippen LogP contribution in [0.3, 0.4) is 0 Å². The first-order chi connectivity index (χ1) is 9.85. The quantitative estimate of drug-likeness (QED) is 0.839. The Hall–Kier alpha value is -1.55. The van der Waals surface area contributed by atoms with Gasteiger partial charge in [0.2, 0.25) is 5.91 Å². The molecule has 0 unspecified atom stereocenters. The van der Waals surface area contributed by atoms with E-state index < -0.39 is 6.04 Å². The molecule has 1 atom stereocenters. The predicted molar refractivity (Wildman–Crippen MR) is 89.3 cm³/mol. The molecule has 2 N–H and O–H groups in total. The van der Waals surface area contributed by atoms with Crippen molar-refractivity contribution in [3.63, 3.8) is 0 Å². The van der Waals surface area contributed by atoms with Gasteiger partial charge in [0.05, 0.1) is 6.04 Å². The highest BCUT2D eigenvalue weighted by Crippen LogP contribution is 2.15. The summed E-state index contributed by atoms with van der Waals surface area (Å²) < 4.78 is 0. The zero-order valence-electron chi connectivity index (χ0n) is 14.0. The van der Waals surface area contributed by atoms with E-state index in [1.54, 1.807) is 0 Å². The Morgan fingerprint density at radius 3 is 2.19 bits per heavy atom. The second-order valence-electron chi connectivity index (χ2n) is 6.15. The van der Waals surface area contributed by atoms with E-state index in [-0.39, 0.29) is 5.91 Å². The molecule has 4 nitrogen and oxygen atoms in total. The van der Waals surface area contributed by atoms with Crippen molar-refractivity contribution in [1.82, 2.24) is 4.90 Å². The molecule has 4 heteroatoms. The first-order valence-corrected chi connectivity index (χ1v) is 7.65. The zero-order valence-corrected chi connectivity index (χ0v) is 14.0. The van der Waals surface area contributed by atoms with Gasteiger partial charge in [-0.15, -0.1) is 0 Å². The highest BCUT2D eigenvalue weighted by atomic mass is 16.2. The lowest BCUT2D eigenvalue weighted by molar-refractivity contribution is -0.133. The average Bonchev–Trinajstić information content (AvgIpc) is 2.43. The van der Waals surface area contributed by atoms with Crippen LogP contribution in [0.2, 0.25) is 0 Å². The topological polar surface area (TPSA) is 49.6 Å². The Morgan fingerprint density at radius 2 is 1.76 bits per heavy atom. The Kier molecular flexibility index (Phi) is 6.69. The van der Waals surface area contributed by atoms with Crippen molar-refractivity contribution in [1.29, 1.82) is 0 Å². The Labute approximate surface area is 128 Å². The van der Waals surface area contributed by atoms with Crippen LogP contribution in [0.5, 0.6) is 0 Å². The molecule has 0 aromatic heterocycles. The molecule has 0 aliphatic heterocycles. The van der Waals surface area contributed by atoms with Gasteiger partial charge >= 0.3 is 0 Å². The highest BCUT2D eigenvalue weighted by molar-refractivity contribution is 5.81. The fourth-order valence-corrected chi connectivity index (χ4v) is 2.31. The third-order valence-electron chi connectivity index (χ3n) is 3.56. The lowest BCUT2D eigenvalue weighted by Crippen LogP contribution is -2.43. The minimum absolute atomic E-state index is 0.0443. The number of amides is 1.